The Labute approximate surface area is 100.0 Å². The van der Waals surface area contributed by atoms with Gasteiger partial charge in [-0.05, 0) is 24.6 Å². The Kier molecular flexibility index (Phi) is 4.40. The molecule has 0 saturated heterocycles. The number of hydrogen-bond acceptors (Lipinski definition) is 2. The standard InChI is InChI=1S/C13H16FNO2/c1-3-8-15-13(2,12(16)17)9-10-4-6-11(14)7-5-10/h3-7,15H,1,8-9H2,2H3,(H,16,17). The quantitative estimate of drug-likeness (QED) is 0.744. The van der Waals surface area contributed by atoms with Gasteiger partial charge in [0.1, 0.15) is 11.4 Å². The molecule has 0 saturated carbocycles. The van der Waals surface area contributed by atoms with Crippen LogP contribution in [0.15, 0.2) is 36.9 Å². The van der Waals surface area contributed by atoms with Crippen molar-refractivity contribution in [1.82, 2.24) is 5.32 Å². The maximum atomic E-state index is 12.7. The van der Waals surface area contributed by atoms with E-state index in [4.69, 9.17) is 0 Å². The van der Waals surface area contributed by atoms with E-state index < -0.39 is 11.5 Å². The van der Waals surface area contributed by atoms with E-state index in [9.17, 15) is 14.3 Å². The van der Waals surface area contributed by atoms with Crippen molar-refractivity contribution in [3.63, 3.8) is 0 Å². The van der Waals surface area contributed by atoms with Gasteiger partial charge >= 0.3 is 5.97 Å². The van der Waals surface area contributed by atoms with Crippen molar-refractivity contribution in [2.45, 2.75) is 18.9 Å². The minimum Gasteiger partial charge on any atom is -0.480 e. The van der Waals surface area contributed by atoms with Crippen molar-refractivity contribution in [3.8, 4) is 0 Å². The van der Waals surface area contributed by atoms with Crippen LogP contribution in [0.4, 0.5) is 4.39 Å². The maximum absolute atomic E-state index is 12.7. The third kappa shape index (κ3) is 3.67. The fourth-order valence-corrected chi connectivity index (χ4v) is 1.52. The van der Waals surface area contributed by atoms with E-state index in [-0.39, 0.29) is 12.2 Å². The van der Waals surface area contributed by atoms with Crippen LogP contribution in [-0.2, 0) is 11.2 Å². The Balaban J connectivity index is 2.82. The molecule has 0 aliphatic rings. The third-order valence-electron chi connectivity index (χ3n) is 2.58. The van der Waals surface area contributed by atoms with Gasteiger partial charge in [-0.2, -0.15) is 0 Å². The van der Waals surface area contributed by atoms with Crippen molar-refractivity contribution in [1.29, 1.82) is 0 Å². The number of nitrogens with one attached hydrogen (secondary N) is 1. The molecule has 2 N–H and O–H groups in total. The Morgan fingerprint density at radius 1 is 1.53 bits per heavy atom. The lowest BCUT2D eigenvalue weighted by atomic mass is 9.93. The smallest absolute Gasteiger partial charge is 0.323 e. The maximum Gasteiger partial charge on any atom is 0.323 e. The molecule has 4 heteroatoms. The first-order valence-electron chi connectivity index (χ1n) is 5.32. The lowest BCUT2D eigenvalue weighted by Crippen LogP contribution is -2.51. The summed E-state index contributed by atoms with van der Waals surface area (Å²) in [6.45, 7) is 5.54. The lowest BCUT2D eigenvalue weighted by molar-refractivity contribution is -0.144. The first-order valence-corrected chi connectivity index (χ1v) is 5.32. The minimum absolute atomic E-state index is 0.288. The molecule has 92 valence electrons. The number of halogens is 1. The van der Waals surface area contributed by atoms with E-state index in [0.717, 1.165) is 5.56 Å². The molecule has 0 fully saturated rings. The number of benzene rings is 1. The molecular formula is C13H16FNO2. The van der Waals surface area contributed by atoms with Crippen molar-refractivity contribution in [2.75, 3.05) is 6.54 Å². The molecule has 1 rings (SSSR count). The highest BCUT2D eigenvalue weighted by atomic mass is 19.1. The van der Waals surface area contributed by atoms with Crippen LogP contribution in [0.1, 0.15) is 12.5 Å². The van der Waals surface area contributed by atoms with Crippen molar-refractivity contribution < 1.29 is 14.3 Å². The van der Waals surface area contributed by atoms with Crippen molar-refractivity contribution in [3.05, 3.63) is 48.3 Å². The zero-order valence-corrected chi connectivity index (χ0v) is 9.74. The second-order valence-electron chi connectivity index (χ2n) is 4.11. The topological polar surface area (TPSA) is 49.3 Å². The summed E-state index contributed by atoms with van der Waals surface area (Å²) in [5.41, 5.74) is -0.306. The first-order chi connectivity index (χ1) is 7.98. The lowest BCUT2D eigenvalue weighted by Gasteiger charge is -2.25. The van der Waals surface area contributed by atoms with E-state index in [1.165, 1.54) is 12.1 Å². The van der Waals surface area contributed by atoms with Gasteiger partial charge in [-0.3, -0.25) is 10.1 Å². The molecule has 0 aliphatic carbocycles. The van der Waals surface area contributed by atoms with Crippen LogP contribution < -0.4 is 5.32 Å². The average molecular weight is 237 g/mol. The van der Waals surface area contributed by atoms with E-state index in [2.05, 4.69) is 11.9 Å². The van der Waals surface area contributed by atoms with E-state index in [1.54, 1.807) is 25.1 Å². The monoisotopic (exact) mass is 237 g/mol. The van der Waals surface area contributed by atoms with E-state index in [1.807, 2.05) is 0 Å². The largest absolute Gasteiger partial charge is 0.480 e. The molecule has 0 bridgehead atoms. The van der Waals surface area contributed by atoms with Gasteiger partial charge in [0.25, 0.3) is 0 Å². The Morgan fingerprint density at radius 2 is 2.12 bits per heavy atom. The minimum atomic E-state index is -1.08. The Hall–Kier alpha value is -1.68. The first kappa shape index (κ1) is 13.4. The molecule has 0 spiro atoms. The normalized spacial score (nSPS) is 14.0. The molecule has 17 heavy (non-hydrogen) atoms. The number of carboxylic acids is 1. The zero-order valence-electron chi connectivity index (χ0n) is 9.74. The third-order valence-corrected chi connectivity index (χ3v) is 2.58. The number of carbonyl (C=O) groups is 1. The predicted octanol–water partition coefficient (Wildman–Crippen LogP) is 1.99. The SMILES string of the molecule is C=CCNC(C)(Cc1ccc(F)cc1)C(=O)O. The van der Waals surface area contributed by atoms with Crippen LogP contribution in [0.2, 0.25) is 0 Å². The molecule has 0 radical (unpaired) electrons. The second-order valence-corrected chi connectivity index (χ2v) is 4.11. The van der Waals surface area contributed by atoms with Crippen LogP contribution >= 0.6 is 0 Å². The van der Waals surface area contributed by atoms with Gasteiger partial charge in [0.15, 0.2) is 0 Å². The molecule has 1 aromatic rings. The fraction of sp³-hybridized carbons (Fsp3) is 0.308. The summed E-state index contributed by atoms with van der Waals surface area (Å²) in [5, 5.41) is 12.1. The van der Waals surface area contributed by atoms with Crippen LogP contribution in [0.3, 0.4) is 0 Å². The predicted molar refractivity (Wildman–Crippen MR) is 64.3 cm³/mol. The van der Waals surface area contributed by atoms with Gasteiger partial charge in [0.05, 0.1) is 0 Å². The highest BCUT2D eigenvalue weighted by molar-refractivity contribution is 5.78. The van der Waals surface area contributed by atoms with Gasteiger partial charge in [-0.1, -0.05) is 18.2 Å². The molecule has 3 nitrogen and oxygen atoms in total. The summed E-state index contributed by atoms with van der Waals surface area (Å²) in [4.78, 5) is 11.2. The van der Waals surface area contributed by atoms with Crippen LogP contribution in [0.5, 0.6) is 0 Å². The van der Waals surface area contributed by atoms with Gasteiger partial charge in [-0.25, -0.2) is 4.39 Å². The van der Waals surface area contributed by atoms with Gasteiger partial charge in [0, 0.05) is 13.0 Å². The summed E-state index contributed by atoms with van der Waals surface area (Å²) in [5.74, 6) is -1.27. The number of rotatable bonds is 6. The highest BCUT2D eigenvalue weighted by Crippen LogP contribution is 2.14. The summed E-state index contributed by atoms with van der Waals surface area (Å²) in [7, 11) is 0. The molecule has 1 atom stereocenters. The Morgan fingerprint density at radius 3 is 2.59 bits per heavy atom. The Bertz CT molecular complexity index is 402. The number of aliphatic carboxylic acids is 1. The highest BCUT2D eigenvalue weighted by Gasteiger charge is 2.32. The van der Waals surface area contributed by atoms with Crippen LogP contribution in [-0.4, -0.2) is 23.2 Å². The molecule has 0 heterocycles. The molecule has 1 unspecified atom stereocenters. The summed E-state index contributed by atoms with van der Waals surface area (Å²) < 4.78 is 12.7. The van der Waals surface area contributed by atoms with Gasteiger partial charge in [0.2, 0.25) is 0 Å². The second kappa shape index (κ2) is 5.59. The van der Waals surface area contributed by atoms with E-state index in [0.29, 0.717) is 6.54 Å². The van der Waals surface area contributed by atoms with Crippen LogP contribution in [0.25, 0.3) is 0 Å². The molecule has 1 aromatic carbocycles. The average Bonchev–Trinajstić information content (AvgIpc) is 2.29. The van der Waals surface area contributed by atoms with Crippen molar-refractivity contribution in [2.24, 2.45) is 0 Å². The number of carboxylic acid groups (broad SMARTS) is 1. The van der Waals surface area contributed by atoms with Crippen LogP contribution in [0, 0.1) is 5.82 Å². The van der Waals surface area contributed by atoms with Crippen molar-refractivity contribution >= 4 is 5.97 Å². The summed E-state index contributed by atoms with van der Waals surface area (Å²) >= 11 is 0. The summed E-state index contributed by atoms with van der Waals surface area (Å²) in [6.07, 6.45) is 1.89. The zero-order chi connectivity index (χ0) is 12.9. The van der Waals surface area contributed by atoms with E-state index >= 15 is 0 Å². The molecule has 0 aliphatic heterocycles. The molecule has 0 amide bonds. The molecular weight excluding hydrogens is 221 g/mol. The number of hydrogen-bond donors (Lipinski definition) is 2. The summed E-state index contributed by atoms with van der Waals surface area (Å²) in [6, 6.07) is 5.83. The van der Waals surface area contributed by atoms with Gasteiger partial charge in [-0.15, -0.1) is 6.58 Å². The fourth-order valence-electron chi connectivity index (χ4n) is 1.52. The van der Waals surface area contributed by atoms with Gasteiger partial charge < -0.3 is 5.11 Å². The molecule has 0 aromatic heterocycles.